The summed E-state index contributed by atoms with van der Waals surface area (Å²) >= 11 is 5.00. The molecule has 0 amide bonds. The van der Waals surface area contributed by atoms with Crippen molar-refractivity contribution >= 4 is 18.0 Å². The number of H-pyrrole nitrogens is 1. The van der Waals surface area contributed by atoms with Crippen LogP contribution in [0.5, 0.6) is 0 Å². The van der Waals surface area contributed by atoms with E-state index in [1.807, 2.05) is 0 Å². The molecule has 78 valence electrons. The van der Waals surface area contributed by atoms with Crippen LogP contribution in [0.1, 0.15) is 26.2 Å². The average molecular weight is 213 g/mol. The number of nitrogens with two attached hydrogens (primary N) is 1. The van der Waals surface area contributed by atoms with Gasteiger partial charge in [0.25, 0.3) is 5.56 Å². The number of nitrogen functional groups attached to an aromatic ring is 1. The topological polar surface area (TPSA) is 63.8 Å². The quantitative estimate of drug-likeness (QED) is 0.591. The smallest absolute Gasteiger partial charge is 0.253 e. The van der Waals surface area contributed by atoms with Gasteiger partial charge in [-0.25, -0.2) is 0 Å². The molecule has 0 aliphatic carbocycles. The van der Waals surface area contributed by atoms with E-state index in [1.54, 1.807) is 4.57 Å². The number of unbranched alkanes of at least 4 members (excludes halogenated alkanes) is 2. The molecule has 0 aromatic carbocycles. The van der Waals surface area contributed by atoms with Gasteiger partial charge in [-0.15, -0.1) is 0 Å². The first kappa shape index (κ1) is 11.0. The van der Waals surface area contributed by atoms with Gasteiger partial charge in [-0.1, -0.05) is 19.8 Å². The van der Waals surface area contributed by atoms with E-state index in [4.69, 9.17) is 18.0 Å². The molecular weight excluding hydrogens is 198 g/mol. The maximum Gasteiger partial charge on any atom is 0.253 e. The first-order valence-electron chi connectivity index (χ1n) is 4.74. The summed E-state index contributed by atoms with van der Waals surface area (Å²) in [5, 5.41) is 0. The van der Waals surface area contributed by atoms with Crippen LogP contribution in [0.15, 0.2) is 10.9 Å². The van der Waals surface area contributed by atoms with E-state index in [9.17, 15) is 4.79 Å². The predicted octanol–water partition coefficient (Wildman–Crippen LogP) is 1.68. The van der Waals surface area contributed by atoms with Crippen LogP contribution < -0.4 is 11.3 Å². The Morgan fingerprint density at radius 3 is 2.86 bits per heavy atom. The normalized spacial score (nSPS) is 10.4. The number of aromatic nitrogens is 2. The fourth-order valence-corrected chi connectivity index (χ4v) is 1.59. The molecule has 0 saturated carbocycles. The van der Waals surface area contributed by atoms with Gasteiger partial charge in [0, 0.05) is 12.6 Å². The second-order valence-corrected chi connectivity index (χ2v) is 3.61. The zero-order chi connectivity index (χ0) is 10.6. The van der Waals surface area contributed by atoms with Crippen LogP contribution in [-0.2, 0) is 6.54 Å². The average Bonchev–Trinajstić information content (AvgIpc) is 2.09. The standard InChI is InChI=1S/C9H15N3OS/c1-2-3-4-5-12-7(10)6-8(13)11-9(12)14/h6H,2-5,10H2,1H3,(H,11,13,14). The zero-order valence-corrected chi connectivity index (χ0v) is 9.06. The van der Waals surface area contributed by atoms with Crippen LogP contribution in [0.25, 0.3) is 0 Å². The highest BCUT2D eigenvalue weighted by molar-refractivity contribution is 7.71. The van der Waals surface area contributed by atoms with E-state index in [0.29, 0.717) is 10.6 Å². The fourth-order valence-electron chi connectivity index (χ4n) is 1.29. The third kappa shape index (κ3) is 2.70. The van der Waals surface area contributed by atoms with Gasteiger partial charge in [-0.2, -0.15) is 0 Å². The highest BCUT2D eigenvalue weighted by Crippen LogP contribution is 2.03. The molecule has 0 aliphatic rings. The van der Waals surface area contributed by atoms with Gasteiger partial charge in [0.15, 0.2) is 4.77 Å². The molecule has 4 nitrogen and oxygen atoms in total. The maximum absolute atomic E-state index is 11.0. The molecule has 0 unspecified atom stereocenters. The summed E-state index contributed by atoms with van der Waals surface area (Å²) in [6, 6.07) is 1.36. The lowest BCUT2D eigenvalue weighted by Crippen LogP contribution is -2.16. The minimum Gasteiger partial charge on any atom is -0.385 e. The summed E-state index contributed by atoms with van der Waals surface area (Å²) in [5.74, 6) is 0.440. The Hall–Kier alpha value is -1.10. The number of nitrogens with one attached hydrogen (secondary N) is 1. The van der Waals surface area contributed by atoms with Crippen molar-refractivity contribution in [1.29, 1.82) is 0 Å². The Morgan fingerprint density at radius 2 is 2.29 bits per heavy atom. The van der Waals surface area contributed by atoms with E-state index in [-0.39, 0.29) is 5.56 Å². The highest BCUT2D eigenvalue weighted by Gasteiger charge is 1.99. The van der Waals surface area contributed by atoms with Crippen LogP contribution in [0.2, 0.25) is 0 Å². The molecule has 0 bridgehead atoms. The van der Waals surface area contributed by atoms with Crippen molar-refractivity contribution in [2.75, 3.05) is 5.73 Å². The Labute approximate surface area is 87.8 Å². The SMILES string of the molecule is CCCCCn1c(N)cc(=O)[nH]c1=S. The van der Waals surface area contributed by atoms with E-state index >= 15 is 0 Å². The molecule has 1 aromatic heterocycles. The van der Waals surface area contributed by atoms with Crippen molar-refractivity contribution in [3.05, 3.63) is 21.2 Å². The van der Waals surface area contributed by atoms with Gasteiger partial charge in [0.2, 0.25) is 0 Å². The Bertz CT molecular complexity index is 407. The molecular formula is C9H15N3OS. The number of rotatable bonds is 4. The summed E-state index contributed by atoms with van der Waals surface area (Å²) in [7, 11) is 0. The summed E-state index contributed by atoms with van der Waals surface area (Å²) in [4.78, 5) is 13.5. The van der Waals surface area contributed by atoms with E-state index < -0.39 is 0 Å². The molecule has 1 heterocycles. The highest BCUT2D eigenvalue weighted by atomic mass is 32.1. The summed E-state index contributed by atoms with van der Waals surface area (Å²) in [5.41, 5.74) is 5.44. The number of anilines is 1. The van der Waals surface area contributed by atoms with Crippen molar-refractivity contribution in [3.63, 3.8) is 0 Å². The minimum absolute atomic E-state index is 0.237. The van der Waals surface area contributed by atoms with Gasteiger partial charge in [-0.3, -0.25) is 9.78 Å². The van der Waals surface area contributed by atoms with Crippen molar-refractivity contribution in [2.24, 2.45) is 0 Å². The lowest BCUT2D eigenvalue weighted by Gasteiger charge is -2.08. The van der Waals surface area contributed by atoms with Gasteiger partial charge in [0.05, 0.1) is 0 Å². The molecule has 1 rings (SSSR count). The van der Waals surface area contributed by atoms with Gasteiger partial charge in [0.1, 0.15) is 5.82 Å². The first-order valence-corrected chi connectivity index (χ1v) is 5.15. The van der Waals surface area contributed by atoms with Crippen LogP contribution in [0.4, 0.5) is 5.82 Å². The summed E-state index contributed by atoms with van der Waals surface area (Å²) < 4.78 is 2.16. The maximum atomic E-state index is 11.0. The first-order chi connectivity index (χ1) is 6.65. The van der Waals surface area contributed by atoms with E-state index in [1.165, 1.54) is 6.07 Å². The number of hydrogen-bond acceptors (Lipinski definition) is 3. The van der Waals surface area contributed by atoms with E-state index in [2.05, 4.69) is 11.9 Å². The largest absolute Gasteiger partial charge is 0.385 e. The van der Waals surface area contributed by atoms with Crippen LogP contribution in [-0.4, -0.2) is 9.55 Å². The second kappa shape index (κ2) is 4.95. The lowest BCUT2D eigenvalue weighted by atomic mass is 10.2. The van der Waals surface area contributed by atoms with Crippen LogP contribution in [0, 0.1) is 4.77 Å². The van der Waals surface area contributed by atoms with Crippen molar-refractivity contribution in [2.45, 2.75) is 32.7 Å². The lowest BCUT2D eigenvalue weighted by molar-refractivity contribution is 0.591. The predicted molar refractivity (Wildman–Crippen MR) is 59.8 cm³/mol. The monoisotopic (exact) mass is 213 g/mol. The summed E-state index contributed by atoms with van der Waals surface area (Å²) in [6.45, 7) is 2.91. The molecule has 3 N–H and O–H groups in total. The molecule has 0 fully saturated rings. The minimum atomic E-state index is -0.237. The van der Waals surface area contributed by atoms with Crippen molar-refractivity contribution < 1.29 is 0 Å². The molecule has 0 spiro atoms. The number of nitrogens with zero attached hydrogens (tertiary/aromatic N) is 1. The zero-order valence-electron chi connectivity index (χ0n) is 8.25. The van der Waals surface area contributed by atoms with Crippen LogP contribution >= 0.6 is 12.2 Å². The van der Waals surface area contributed by atoms with Crippen molar-refractivity contribution in [1.82, 2.24) is 9.55 Å². The van der Waals surface area contributed by atoms with Gasteiger partial charge in [-0.05, 0) is 18.6 Å². The summed E-state index contributed by atoms with van der Waals surface area (Å²) in [6.07, 6.45) is 3.32. The Balaban J connectivity index is 2.86. The molecule has 0 aliphatic heterocycles. The number of hydrogen-bond donors (Lipinski definition) is 2. The third-order valence-corrected chi connectivity index (χ3v) is 2.37. The Morgan fingerprint density at radius 1 is 1.57 bits per heavy atom. The molecule has 14 heavy (non-hydrogen) atoms. The van der Waals surface area contributed by atoms with Crippen LogP contribution in [0.3, 0.4) is 0 Å². The third-order valence-electron chi connectivity index (χ3n) is 2.05. The second-order valence-electron chi connectivity index (χ2n) is 3.22. The fraction of sp³-hybridized carbons (Fsp3) is 0.556. The molecule has 0 atom stereocenters. The molecule has 5 heteroatoms. The molecule has 0 saturated heterocycles. The molecule has 0 radical (unpaired) electrons. The molecule has 1 aromatic rings. The van der Waals surface area contributed by atoms with Gasteiger partial charge >= 0.3 is 0 Å². The Kier molecular flexibility index (Phi) is 3.88. The van der Waals surface area contributed by atoms with Gasteiger partial charge < -0.3 is 10.3 Å². The van der Waals surface area contributed by atoms with E-state index in [0.717, 1.165) is 25.8 Å². The van der Waals surface area contributed by atoms with Crippen molar-refractivity contribution in [3.8, 4) is 0 Å². The number of aromatic amines is 1.